The molecule has 0 aliphatic rings. The molecule has 22 heavy (non-hydrogen) atoms. The smallest absolute Gasteiger partial charge is 0.225 e. The molecular formula is C16H25N6+. The van der Waals surface area contributed by atoms with Crippen molar-refractivity contribution in [2.45, 2.75) is 39.8 Å². The summed E-state index contributed by atoms with van der Waals surface area (Å²) in [6.07, 6.45) is 1.06. The van der Waals surface area contributed by atoms with Gasteiger partial charge in [0.05, 0.1) is 0 Å². The van der Waals surface area contributed by atoms with Crippen LogP contribution in [-0.2, 0) is 13.0 Å². The van der Waals surface area contributed by atoms with Crippen LogP contribution in [0, 0.1) is 5.92 Å². The van der Waals surface area contributed by atoms with Gasteiger partial charge in [-0.15, -0.1) is 0 Å². The fraction of sp³-hybridized carbons (Fsp3) is 0.438. The first kappa shape index (κ1) is 16.2. The van der Waals surface area contributed by atoms with Crippen molar-refractivity contribution in [3.8, 4) is 0 Å². The van der Waals surface area contributed by atoms with Crippen LogP contribution in [0.1, 0.15) is 43.8 Å². The number of nitrogen functional groups attached to an aromatic ring is 2. The van der Waals surface area contributed by atoms with E-state index in [4.69, 9.17) is 11.5 Å². The van der Waals surface area contributed by atoms with Gasteiger partial charge in [0.25, 0.3) is 0 Å². The molecule has 1 aromatic heterocycles. The summed E-state index contributed by atoms with van der Waals surface area (Å²) in [4.78, 5) is 12.1. The Labute approximate surface area is 131 Å². The Morgan fingerprint density at radius 3 is 2.09 bits per heavy atom. The van der Waals surface area contributed by atoms with Crippen LogP contribution in [0.25, 0.3) is 0 Å². The van der Waals surface area contributed by atoms with Gasteiger partial charge >= 0.3 is 0 Å². The fourth-order valence-electron chi connectivity index (χ4n) is 2.55. The van der Waals surface area contributed by atoms with Crippen LogP contribution in [0.2, 0.25) is 0 Å². The highest BCUT2D eigenvalue weighted by molar-refractivity contribution is 5.26. The number of quaternary nitrogens is 1. The lowest BCUT2D eigenvalue weighted by molar-refractivity contribution is -0.718. The average Bonchev–Trinajstić information content (AvgIpc) is 2.47. The summed E-state index contributed by atoms with van der Waals surface area (Å²) in [6, 6.07) is 9.13. The van der Waals surface area contributed by atoms with Crippen LogP contribution in [-0.4, -0.2) is 15.0 Å². The predicted molar refractivity (Wildman–Crippen MR) is 87.7 cm³/mol. The first-order valence-corrected chi connectivity index (χ1v) is 7.67. The molecule has 2 aromatic rings. The Morgan fingerprint density at radius 2 is 1.59 bits per heavy atom. The van der Waals surface area contributed by atoms with Crippen molar-refractivity contribution in [3.05, 3.63) is 41.2 Å². The molecule has 0 saturated carbocycles. The molecule has 0 saturated heterocycles. The van der Waals surface area contributed by atoms with E-state index in [0.717, 1.165) is 6.42 Å². The maximum atomic E-state index is 5.61. The Kier molecular flexibility index (Phi) is 5.27. The van der Waals surface area contributed by atoms with Crippen molar-refractivity contribution >= 4 is 11.9 Å². The van der Waals surface area contributed by atoms with Crippen molar-refractivity contribution in [1.82, 2.24) is 15.0 Å². The maximum Gasteiger partial charge on any atom is 0.225 e. The summed E-state index contributed by atoms with van der Waals surface area (Å²) in [5.74, 6) is 1.44. The minimum absolute atomic E-state index is 0.171. The second-order valence-electron chi connectivity index (χ2n) is 5.77. The van der Waals surface area contributed by atoms with Crippen molar-refractivity contribution in [3.63, 3.8) is 0 Å². The van der Waals surface area contributed by atoms with Gasteiger partial charge in [0, 0.05) is 11.5 Å². The third-order valence-electron chi connectivity index (χ3n) is 3.76. The van der Waals surface area contributed by atoms with E-state index in [9.17, 15) is 0 Å². The number of hydrogen-bond donors (Lipinski definition) is 3. The molecule has 0 radical (unpaired) electrons. The molecule has 6 N–H and O–H groups in total. The quantitative estimate of drug-likeness (QED) is 0.739. The summed E-state index contributed by atoms with van der Waals surface area (Å²) in [7, 11) is 0. The predicted octanol–water partition coefficient (Wildman–Crippen LogP) is 1.06. The van der Waals surface area contributed by atoms with Gasteiger partial charge in [-0.2, -0.15) is 15.0 Å². The molecule has 0 aliphatic carbocycles. The number of rotatable bonds is 6. The molecule has 0 fully saturated rings. The second-order valence-corrected chi connectivity index (χ2v) is 5.77. The minimum atomic E-state index is 0.171. The topological polar surface area (TPSA) is 107 Å². The van der Waals surface area contributed by atoms with Crippen LogP contribution in [0.15, 0.2) is 24.3 Å². The molecule has 0 amide bonds. The Morgan fingerprint density at radius 1 is 1.00 bits per heavy atom. The molecule has 6 nitrogen and oxygen atoms in total. The van der Waals surface area contributed by atoms with Gasteiger partial charge in [0.2, 0.25) is 11.9 Å². The molecule has 1 aromatic carbocycles. The lowest BCUT2D eigenvalue weighted by Gasteiger charge is -2.19. The van der Waals surface area contributed by atoms with Gasteiger partial charge in [-0.25, -0.2) is 0 Å². The average molecular weight is 301 g/mol. The number of nitrogens with zero attached hydrogens (tertiary/aromatic N) is 3. The minimum Gasteiger partial charge on any atom is -0.368 e. The largest absolute Gasteiger partial charge is 0.368 e. The van der Waals surface area contributed by atoms with Gasteiger partial charge in [-0.1, -0.05) is 45.0 Å². The standard InChI is InChI=1S/C16H24N6/c1-4-11-5-7-12(8-6-11)14(10(2)3)19-9-13-20-15(17)22-16(18)21-13/h5-8,10,14,19H,4,9H2,1-3H3,(H4,17,18,20,21,22)/p+1/t14-/m1/s1. The number of benzene rings is 1. The van der Waals surface area contributed by atoms with E-state index in [0.29, 0.717) is 24.3 Å². The molecule has 1 heterocycles. The molecule has 0 aliphatic heterocycles. The van der Waals surface area contributed by atoms with Gasteiger partial charge in [-0.05, 0) is 12.0 Å². The van der Waals surface area contributed by atoms with Crippen LogP contribution < -0.4 is 16.8 Å². The summed E-state index contributed by atoms with van der Waals surface area (Å²) in [6.45, 7) is 7.21. The van der Waals surface area contributed by atoms with E-state index in [1.165, 1.54) is 11.1 Å². The summed E-state index contributed by atoms with van der Waals surface area (Å²) in [5, 5.41) is 2.22. The van der Waals surface area contributed by atoms with E-state index in [2.05, 4.69) is 65.3 Å². The normalized spacial score (nSPS) is 12.5. The molecule has 118 valence electrons. The number of nitrogens with two attached hydrogens (primary N) is 3. The van der Waals surface area contributed by atoms with Crippen LogP contribution >= 0.6 is 0 Å². The van der Waals surface area contributed by atoms with Crippen molar-refractivity contribution in [1.29, 1.82) is 0 Å². The molecule has 0 unspecified atom stereocenters. The van der Waals surface area contributed by atoms with Gasteiger partial charge in [0.1, 0.15) is 12.6 Å². The Balaban J connectivity index is 2.11. The van der Waals surface area contributed by atoms with E-state index in [-0.39, 0.29) is 11.9 Å². The third kappa shape index (κ3) is 4.14. The maximum absolute atomic E-state index is 5.61. The van der Waals surface area contributed by atoms with E-state index in [1.807, 2.05) is 0 Å². The third-order valence-corrected chi connectivity index (χ3v) is 3.76. The first-order chi connectivity index (χ1) is 10.5. The van der Waals surface area contributed by atoms with E-state index in [1.54, 1.807) is 0 Å². The summed E-state index contributed by atoms with van der Waals surface area (Å²) in [5.41, 5.74) is 13.9. The zero-order chi connectivity index (χ0) is 16.1. The number of hydrogen-bond acceptors (Lipinski definition) is 5. The number of aryl methyl sites for hydroxylation is 1. The van der Waals surface area contributed by atoms with Crippen molar-refractivity contribution in [2.75, 3.05) is 11.5 Å². The highest BCUT2D eigenvalue weighted by Gasteiger charge is 2.19. The van der Waals surface area contributed by atoms with Crippen LogP contribution in [0.5, 0.6) is 0 Å². The zero-order valence-electron chi connectivity index (χ0n) is 13.5. The van der Waals surface area contributed by atoms with Gasteiger partial charge < -0.3 is 16.8 Å². The highest BCUT2D eigenvalue weighted by Crippen LogP contribution is 2.18. The number of aromatic nitrogens is 3. The molecular weight excluding hydrogens is 276 g/mol. The fourth-order valence-corrected chi connectivity index (χ4v) is 2.55. The number of anilines is 2. The van der Waals surface area contributed by atoms with E-state index >= 15 is 0 Å². The van der Waals surface area contributed by atoms with Gasteiger partial charge in [0.15, 0.2) is 5.82 Å². The SMILES string of the molecule is CCc1ccc([C@H]([NH2+]Cc2nc(N)nc(N)n2)C(C)C)cc1. The van der Waals surface area contributed by atoms with E-state index < -0.39 is 0 Å². The molecule has 0 bridgehead atoms. The van der Waals surface area contributed by atoms with Crippen LogP contribution in [0.4, 0.5) is 11.9 Å². The van der Waals surface area contributed by atoms with Gasteiger partial charge in [-0.3, -0.25) is 0 Å². The lowest BCUT2D eigenvalue weighted by atomic mass is 9.95. The summed E-state index contributed by atoms with van der Waals surface area (Å²) >= 11 is 0. The monoisotopic (exact) mass is 301 g/mol. The Bertz CT molecular complexity index is 588. The Hall–Kier alpha value is -2.21. The first-order valence-electron chi connectivity index (χ1n) is 7.67. The van der Waals surface area contributed by atoms with Crippen LogP contribution in [0.3, 0.4) is 0 Å². The molecule has 6 heteroatoms. The molecule has 1 atom stereocenters. The highest BCUT2D eigenvalue weighted by atomic mass is 15.2. The molecule has 0 spiro atoms. The second kappa shape index (κ2) is 7.17. The molecule has 2 rings (SSSR count). The zero-order valence-corrected chi connectivity index (χ0v) is 13.5. The lowest BCUT2D eigenvalue weighted by Crippen LogP contribution is -2.85. The summed E-state index contributed by atoms with van der Waals surface area (Å²) < 4.78 is 0. The van der Waals surface area contributed by atoms with Crippen molar-refractivity contribution < 1.29 is 5.32 Å². The van der Waals surface area contributed by atoms with Crippen molar-refractivity contribution in [2.24, 2.45) is 5.92 Å².